The standard InChI is InChI=1S/C56H84N8O13/c1-54(2,3)75-48(68)30-29-43(52(72)77-56(7,8)9)61-53(73)60-42(51(71)76-55(4,5)6)27-20-21-33-64-37-41(62-63-64)38-74-34-22-12-10-11-19-28-46(65)58-45(36-40-25-17-14-18-26-40)50(70)59-44(35-39-23-15-13-16-24-39)49(69)57-32-31-47(66)67/h13-18,23-26,37,42-45H,10-12,19-22,27-36,38H2,1-9H3,(H,57,69)(H,58,65)(H,59,70)(H,66,67)(H2,60,61,73)/t42-,43-,44-,45-/m0/s1. The van der Waals surface area contributed by atoms with Crippen LogP contribution in [0.25, 0.3) is 0 Å². The lowest BCUT2D eigenvalue weighted by Gasteiger charge is -2.27. The van der Waals surface area contributed by atoms with Crippen molar-refractivity contribution in [3.8, 4) is 0 Å². The normalized spacial score (nSPS) is 13.2. The molecule has 0 spiro atoms. The minimum absolute atomic E-state index is 0.0848. The maximum Gasteiger partial charge on any atom is 0.329 e. The van der Waals surface area contributed by atoms with Crippen LogP contribution in [0.2, 0.25) is 0 Å². The number of carbonyl (C=O) groups is 8. The molecule has 0 saturated heterocycles. The van der Waals surface area contributed by atoms with E-state index in [1.165, 1.54) is 0 Å². The van der Waals surface area contributed by atoms with Gasteiger partial charge < -0.3 is 50.6 Å². The molecular formula is C56H84N8O13. The highest BCUT2D eigenvalue weighted by Crippen LogP contribution is 2.16. The summed E-state index contributed by atoms with van der Waals surface area (Å²) in [6.07, 6.45) is 7.13. The number of urea groups is 1. The minimum Gasteiger partial charge on any atom is -0.481 e. The Morgan fingerprint density at radius 2 is 1.10 bits per heavy atom. The van der Waals surface area contributed by atoms with Gasteiger partial charge in [-0.2, -0.15) is 0 Å². The number of aryl methyl sites for hydroxylation is 1. The van der Waals surface area contributed by atoms with E-state index < -0.39 is 82.7 Å². The SMILES string of the molecule is CC(C)(C)OC(=O)CC[C@H](NC(=O)N[C@@H](CCCCn1cc(COCCCCCCCC(=O)N[C@@H](Cc2ccccc2)C(=O)N[C@@H](Cc2ccccc2)C(=O)NCCC(=O)O)nn1)C(=O)OC(C)(C)C)C(=O)OC(C)(C)C. The van der Waals surface area contributed by atoms with Crippen molar-refractivity contribution in [1.82, 2.24) is 41.6 Å². The molecule has 3 aromatic rings. The van der Waals surface area contributed by atoms with Crippen molar-refractivity contribution in [3.05, 3.63) is 83.7 Å². The van der Waals surface area contributed by atoms with E-state index >= 15 is 0 Å². The topological polar surface area (TPSA) is 285 Å². The van der Waals surface area contributed by atoms with E-state index in [-0.39, 0.29) is 64.0 Å². The molecule has 6 N–H and O–H groups in total. The van der Waals surface area contributed by atoms with Gasteiger partial charge in [0.15, 0.2) is 0 Å². The minimum atomic E-state index is -1.20. The van der Waals surface area contributed by atoms with E-state index in [0.717, 1.165) is 36.8 Å². The van der Waals surface area contributed by atoms with Crippen molar-refractivity contribution in [2.75, 3.05) is 13.2 Å². The van der Waals surface area contributed by atoms with Gasteiger partial charge in [0.25, 0.3) is 0 Å². The predicted molar refractivity (Wildman–Crippen MR) is 287 cm³/mol. The zero-order valence-electron chi connectivity index (χ0n) is 46.6. The third-order valence-electron chi connectivity index (χ3n) is 11.2. The van der Waals surface area contributed by atoms with Gasteiger partial charge in [0.05, 0.1) is 19.2 Å². The average molecular weight is 1080 g/mol. The summed E-state index contributed by atoms with van der Waals surface area (Å²) in [5.74, 6) is -4.31. The van der Waals surface area contributed by atoms with Crippen molar-refractivity contribution < 1.29 is 62.4 Å². The maximum atomic E-state index is 13.8. The number of carbonyl (C=O) groups excluding carboxylic acids is 7. The number of aromatic nitrogens is 3. The molecule has 21 heteroatoms. The van der Waals surface area contributed by atoms with Crippen LogP contribution in [-0.4, -0.2) is 122 Å². The first kappa shape index (κ1) is 64.4. The summed E-state index contributed by atoms with van der Waals surface area (Å²) in [5.41, 5.74) is -0.142. The highest BCUT2D eigenvalue weighted by Gasteiger charge is 2.32. The van der Waals surface area contributed by atoms with Gasteiger partial charge in [-0.15, -0.1) is 5.10 Å². The Labute approximate surface area is 453 Å². The molecule has 21 nitrogen and oxygen atoms in total. The van der Waals surface area contributed by atoms with Gasteiger partial charge in [-0.1, -0.05) is 85.1 Å². The summed E-state index contributed by atoms with van der Waals surface area (Å²) in [6.45, 7) is 16.6. The second-order valence-corrected chi connectivity index (χ2v) is 21.9. The molecule has 77 heavy (non-hydrogen) atoms. The molecule has 2 aromatic carbocycles. The van der Waals surface area contributed by atoms with E-state index in [1.54, 1.807) is 73.2 Å². The van der Waals surface area contributed by atoms with Crippen LogP contribution in [-0.2, 0) is 78.5 Å². The van der Waals surface area contributed by atoms with Crippen molar-refractivity contribution in [2.45, 2.75) is 206 Å². The molecule has 0 aliphatic heterocycles. The van der Waals surface area contributed by atoms with Crippen LogP contribution in [0.15, 0.2) is 66.9 Å². The van der Waals surface area contributed by atoms with Crippen LogP contribution in [0.1, 0.15) is 156 Å². The van der Waals surface area contributed by atoms with E-state index in [2.05, 4.69) is 36.9 Å². The lowest BCUT2D eigenvalue weighted by Crippen LogP contribution is -2.55. The van der Waals surface area contributed by atoms with Gasteiger partial charge in [-0.3, -0.25) is 28.7 Å². The lowest BCUT2D eigenvalue weighted by atomic mass is 10.0. The first-order valence-corrected chi connectivity index (χ1v) is 26.6. The molecule has 5 amide bonds. The summed E-state index contributed by atoms with van der Waals surface area (Å²) in [7, 11) is 0. The molecule has 426 valence electrons. The average Bonchev–Trinajstić information content (AvgIpc) is 3.79. The molecule has 0 aliphatic carbocycles. The van der Waals surface area contributed by atoms with Gasteiger partial charge >= 0.3 is 29.9 Å². The molecule has 1 aromatic heterocycles. The predicted octanol–water partition coefficient (Wildman–Crippen LogP) is 6.19. The number of nitrogens with one attached hydrogen (secondary N) is 5. The third kappa shape index (κ3) is 29.3. The number of aliphatic carboxylic acids is 1. The fourth-order valence-corrected chi connectivity index (χ4v) is 7.66. The largest absolute Gasteiger partial charge is 0.481 e. The van der Waals surface area contributed by atoms with Crippen LogP contribution in [0.4, 0.5) is 4.79 Å². The third-order valence-corrected chi connectivity index (χ3v) is 11.2. The van der Waals surface area contributed by atoms with Crippen LogP contribution in [0, 0.1) is 0 Å². The van der Waals surface area contributed by atoms with Crippen LogP contribution >= 0.6 is 0 Å². The smallest absolute Gasteiger partial charge is 0.329 e. The first-order valence-electron chi connectivity index (χ1n) is 26.6. The first-order chi connectivity index (χ1) is 36.2. The van der Waals surface area contributed by atoms with Crippen LogP contribution in [0.3, 0.4) is 0 Å². The molecule has 0 saturated carbocycles. The monoisotopic (exact) mass is 1080 g/mol. The quantitative estimate of drug-likeness (QED) is 0.0225. The molecule has 1 heterocycles. The molecule has 4 atom stereocenters. The maximum absolute atomic E-state index is 13.8. The number of benzene rings is 2. The van der Waals surface area contributed by atoms with Crippen molar-refractivity contribution >= 4 is 47.6 Å². The number of nitrogens with zero attached hydrogens (tertiary/aromatic N) is 3. The van der Waals surface area contributed by atoms with Crippen molar-refractivity contribution in [2.24, 2.45) is 0 Å². The fourth-order valence-electron chi connectivity index (χ4n) is 7.66. The van der Waals surface area contributed by atoms with Crippen LogP contribution in [0.5, 0.6) is 0 Å². The molecule has 0 aliphatic rings. The second kappa shape index (κ2) is 32.6. The zero-order valence-corrected chi connectivity index (χ0v) is 46.6. The zero-order chi connectivity index (χ0) is 57.0. The van der Waals surface area contributed by atoms with E-state index in [0.29, 0.717) is 38.1 Å². The lowest BCUT2D eigenvalue weighted by molar-refractivity contribution is -0.159. The number of esters is 3. The second-order valence-electron chi connectivity index (χ2n) is 21.9. The van der Waals surface area contributed by atoms with Gasteiger partial charge in [0.2, 0.25) is 17.7 Å². The van der Waals surface area contributed by atoms with Gasteiger partial charge in [-0.25, -0.2) is 14.4 Å². The highest BCUT2D eigenvalue weighted by molar-refractivity contribution is 5.92. The molecule has 0 fully saturated rings. The molecule has 0 radical (unpaired) electrons. The summed E-state index contributed by atoms with van der Waals surface area (Å²) in [4.78, 5) is 103. The van der Waals surface area contributed by atoms with E-state index in [4.69, 9.17) is 24.1 Å². The Hall–Kier alpha value is -6.90. The van der Waals surface area contributed by atoms with Gasteiger partial charge in [0, 0.05) is 45.4 Å². The Bertz CT molecular complexity index is 2320. The summed E-state index contributed by atoms with van der Waals surface area (Å²) < 4.78 is 24.0. The van der Waals surface area contributed by atoms with Gasteiger partial charge in [-0.05, 0) is 112 Å². The number of unbranched alkanes of at least 4 members (excludes halogenated alkanes) is 5. The Morgan fingerprint density at radius 3 is 1.66 bits per heavy atom. The number of hydrogen-bond acceptors (Lipinski definition) is 14. The number of ether oxygens (including phenoxy) is 4. The number of hydrogen-bond donors (Lipinski definition) is 6. The Morgan fingerprint density at radius 1 is 0.571 bits per heavy atom. The Kier molecular flexibility index (Phi) is 27.3. The van der Waals surface area contributed by atoms with E-state index in [9.17, 15) is 38.4 Å². The highest BCUT2D eigenvalue weighted by atomic mass is 16.6. The van der Waals surface area contributed by atoms with Crippen LogP contribution < -0.4 is 26.6 Å². The summed E-state index contributed by atoms with van der Waals surface area (Å²) in [5, 5.41) is 31.0. The summed E-state index contributed by atoms with van der Waals surface area (Å²) >= 11 is 0. The molecule has 3 rings (SSSR count). The van der Waals surface area contributed by atoms with Crippen molar-refractivity contribution in [1.29, 1.82) is 0 Å². The number of rotatable bonds is 33. The van der Waals surface area contributed by atoms with E-state index in [1.807, 2.05) is 60.7 Å². The number of carboxylic acids is 1. The van der Waals surface area contributed by atoms with Crippen molar-refractivity contribution in [3.63, 3.8) is 0 Å². The molecule has 0 bridgehead atoms. The number of carboxylic acid groups (broad SMARTS) is 1. The molecular weight excluding hydrogens is 993 g/mol. The summed E-state index contributed by atoms with van der Waals surface area (Å²) in [6, 6.07) is 13.4. The van der Waals surface area contributed by atoms with Gasteiger partial charge in [0.1, 0.15) is 46.7 Å². The fraction of sp³-hybridized carbons (Fsp3) is 0.607. The molecule has 0 unspecified atom stereocenters. The Balaban J connectivity index is 1.42. The number of amides is 5.